The lowest BCUT2D eigenvalue weighted by atomic mass is 9.89. The van der Waals surface area contributed by atoms with Crippen LogP contribution < -0.4 is 0 Å². The highest BCUT2D eigenvalue weighted by Crippen LogP contribution is 2.39. The van der Waals surface area contributed by atoms with Gasteiger partial charge in [-0.2, -0.15) is 0 Å². The maximum atomic E-state index is 10.3. The van der Waals surface area contributed by atoms with E-state index in [-0.39, 0.29) is 5.75 Å². The van der Waals surface area contributed by atoms with Gasteiger partial charge in [0.25, 0.3) is 0 Å². The highest BCUT2D eigenvalue weighted by molar-refractivity contribution is 5.90. The number of benzene rings is 2. The zero-order chi connectivity index (χ0) is 15.4. The first-order valence-electron chi connectivity index (χ1n) is 6.67. The van der Waals surface area contributed by atoms with Gasteiger partial charge in [0.05, 0.1) is 0 Å². The van der Waals surface area contributed by atoms with Crippen molar-refractivity contribution in [1.29, 1.82) is 0 Å². The van der Waals surface area contributed by atoms with Crippen LogP contribution in [-0.4, -0.2) is 5.11 Å². The van der Waals surface area contributed by atoms with Crippen LogP contribution in [0.4, 0.5) is 0 Å². The summed E-state index contributed by atoms with van der Waals surface area (Å²) in [4.78, 5) is 0. The summed E-state index contributed by atoms with van der Waals surface area (Å²) in [5.74, 6) is 0.208. The van der Waals surface area contributed by atoms with Gasteiger partial charge in [0.15, 0.2) is 0 Å². The summed E-state index contributed by atoms with van der Waals surface area (Å²) in [6.45, 7) is 15.4. The molecule has 1 nitrogen and oxygen atoms in total. The number of aromatic hydroxyl groups is 1. The summed E-state index contributed by atoms with van der Waals surface area (Å²) in [7, 11) is 0. The van der Waals surface area contributed by atoms with E-state index in [0.29, 0.717) is 0 Å². The van der Waals surface area contributed by atoms with Gasteiger partial charge in [0.2, 0.25) is 0 Å². The monoisotopic (exact) mass is 274 g/mol. The van der Waals surface area contributed by atoms with E-state index in [1.54, 1.807) is 30.4 Å². The molecule has 0 aromatic heterocycles. The molecule has 0 atom stereocenters. The molecule has 0 aliphatic carbocycles. The van der Waals surface area contributed by atoms with Crippen molar-refractivity contribution >= 4 is 24.3 Å². The van der Waals surface area contributed by atoms with Crippen molar-refractivity contribution in [3.8, 4) is 16.9 Å². The van der Waals surface area contributed by atoms with E-state index in [1.807, 2.05) is 24.3 Å². The second-order valence-corrected chi connectivity index (χ2v) is 4.59. The van der Waals surface area contributed by atoms with Crippen LogP contribution in [0.15, 0.2) is 56.6 Å². The van der Waals surface area contributed by atoms with Gasteiger partial charge in [-0.05, 0) is 33.9 Å². The SMILES string of the molecule is C=Cc1cccc(-c2c(O)ccc(C=C)c2C=C)c1C=C. The van der Waals surface area contributed by atoms with Crippen LogP contribution in [0.5, 0.6) is 5.75 Å². The smallest absolute Gasteiger partial charge is 0.124 e. The third-order valence-electron chi connectivity index (χ3n) is 3.51. The standard InChI is InChI=1S/C20H18O/c1-5-14-10-9-11-18(16(14)7-3)20-17(8-4)15(6-2)12-13-19(20)21/h5-13,21H,1-4H2. The van der Waals surface area contributed by atoms with Crippen LogP contribution in [0.2, 0.25) is 0 Å². The summed E-state index contributed by atoms with van der Waals surface area (Å²) in [5.41, 5.74) is 5.33. The lowest BCUT2D eigenvalue weighted by Gasteiger charge is -2.16. The van der Waals surface area contributed by atoms with Crippen molar-refractivity contribution in [3.63, 3.8) is 0 Å². The zero-order valence-electron chi connectivity index (χ0n) is 12.0. The van der Waals surface area contributed by atoms with Gasteiger partial charge in [0.1, 0.15) is 5.75 Å². The van der Waals surface area contributed by atoms with Crippen LogP contribution >= 0.6 is 0 Å². The second-order valence-electron chi connectivity index (χ2n) is 4.59. The summed E-state index contributed by atoms with van der Waals surface area (Å²) in [6, 6.07) is 9.36. The van der Waals surface area contributed by atoms with Crippen molar-refractivity contribution in [2.24, 2.45) is 0 Å². The predicted octanol–water partition coefficient (Wildman–Crippen LogP) is 5.63. The maximum Gasteiger partial charge on any atom is 0.124 e. The molecule has 0 spiro atoms. The molecule has 0 fully saturated rings. The Bertz CT molecular complexity index is 736. The van der Waals surface area contributed by atoms with Crippen LogP contribution in [0.3, 0.4) is 0 Å². The molecule has 0 aliphatic heterocycles. The highest BCUT2D eigenvalue weighted by atomic mass is 16.3. The van der Waals surface area contributed by atoms with E-state index in [0.717, 1.165) is 33.4 Å². The first kappa shape index (κ1) is 14.6. The normalized spacial score (nSPS) is 9.90. The van der Waals surface area contributed by atoms with Gasteiger partial charge in [0, 0.05) is 5.56 Å². The molecular formula is C20H18O. The minimum atomic E-state index is 0.208. The van der Waals surface area contributed by atoms with Gasteiger partial charge in [-0.25, -0.2) is 0 Å². The van der Waals surface area contributed by atoms with Gasteiger partial charge >= 0.3 is 0 Å². The molecule has 0 saturated carbocycles. The molecule has 2 aromatic carbocycles. The molecule has 2 rings (SSSR count). The molecule has 0 aliphatic rings. The van der Waals surface area contributed by atoms with Crippen molar-refractivity contribution in [3.05, 3.63) is 78.9 Å². The molecule has 0 unspecified atom stereocenters. The molecule has 1 N–H and O–H groups in total. The topological polar surface area (TPSA) is 20.2 Å². The lowest BCUT2D eigenvalue weighted by molar-refractivity contribution is 0.477. The highest BCUT2D eigenvalue weighted by Gasteiger charge is 2.15. The summed E-state index contributed by atoms with van der Waals surface area (Å²) < 4.78 is 0. The van der Waals surface area contributed by atoms with Gasteiger partial charge in [-0.3, -0.25) is 0 Å². The minimum absolute atomic E-state index is 0.208. The Morgan fingerprint density at radius 3 is 1.90 bits per heavy atom. The van der Waals surface area contributed by atoms with E-state index >= 15 is 0 Å². The fourth-order valence-corrected chi connectivity index (χ4v) is 2.51. The zero-order valence-corrected chi connectivity index (χ0v) is 12.0. The fourth-order valence-electron chi connectivity index (χ4n) is 2.51. The molecule has 2 aromatic rings. The van der Waals surface area contributed by atoms with Crippen molar-refractivity contribution in [2.75, 3.05) is 0 Å². The first-order chi connectivity index (χ1) is 10.2. The number of phenolic OH excluding ortho intramolecular Hbond substituents is 1. The minimum Gasteiger partial charge on any atom is -0.507 e. The van der Waals surface area contributed by atoms with Crippen LogP contribution in [0.25, 0.3) is 35.4 Å². The molecule has 21 heavy (non-hydrogen) atoms. The van der Waals surface area contributed by atoms with E-state index in [9.17, 15) is 5.11 Å². The average molecular weight is 274 g/mol. The van der Waals surface area contributed by atoms with Crippen molar-refractivity contribution < 1.29 is 5.11 Å². The number of hydrogen-bond donors (Lipinski definition) is 1. The summed E-state index contributed by atoms with van der Waals surface area (Å²) >= 11 is 0. The number of rotatable bonds is 5. The van der Waals surface area contributed by atoms with Crippen LogP contribution in [0, 0.1) is 0 Å². The average Bonchev–Trinajstić information content (AvgIpc) is 2.53. The Kier molecular flexibility index (Phi) is 4.24. The van der Waals surface area contributed by atoms with E-state index in [4.69, 9.17) is 0 Å². The molecule has 0 heterocycles. The quantitative estimate of drug-likeness (QED) is 0.749. The third kappa shape index (κ3) is 2.46. The van der Waals surface area contributed by atoms with Gasteiger partial charge in [-0.15, -0.1) is 0 Å². The largest absolute Gasteiger partial charge is 0.507 e. The lowest BCUT2D eigenvalue weighted by Crippen LogP contribution is -1.93. The molecular weight excluding hydrogens is 256 g/mol. The molecule has 104 valence electrons. The summed E-state index contributed by atoms with van der Waals surface area (Å²) in [5, 5.41) is 10.3. The van der Waals surface area contributed by atoms with E-state index in [1.165, 1.54) is 0 Å². The maximum absolute atomic E-state index is 10.3. The second kappa shape index (κ2) is 6.10. The van der Waals surface area contributed by atoms with Crippen LogP contribution in [0.1, 0.15) is 22.3 Å². The Morgan fingerprint density at radius 2 is 1.33 bits per heavy atom. The Morgan fingerprint density at radius 1 is 0.714 bits per heavy atom. The van der Waals surface area contributed by atoms with Crippen LogP contribution in [-0.2, 0) is 0 Å². The molecule has 0 radical (unpaired) electrons. The molecule has 1 heteroatoms. The van der Waals surface area contributed by atoms with E-state index < -0.39 is 0 Å². The van der Waals surface area contributed by atoms with Crippen molar-refractivity contribution in [1.82, 2.24) is 0 Å². The Balaban J connectivity index is 2.90. The number of phenols is 1. The Labute approximate surface area is 125 Å². The summed E-state index contributed by atoms with van der Waals surface area (Å²) in [6.07, 6.45) is 7.05. The Hall–Kier alpha value is -2.80. The molecule has 0 bridgehead atoms. The predicted molar refractivity (Wildman–Crippen MR) is 93.9 cm³/mol. The van der Waals surface area contributed by atoms with Gasteiger partial charge < -0.3 is 5.11 Å². The first-order valence-corrected chi connectivity index (χ1v) is 6.67. The molecule has 0 saturated heterocycles. The van der Waals surface area contributed by atoms with Crippen molar-refractivity contribution in [2.45, 2.75) is 0 Å². The fraction of sp³-hybridized carbons (Fsp3) is 0. The third-order valence-corrected chi connectivity index (χ3v) is 3.51. The number of hydrogen-bond acceptors (Lipinski definition) is 1. The van der Waals surface area contributed by atoms with Gasteiger partial charge in [-0.1, -0.05) is 74.9 Å². The van der Waals surface area contributed by atoms with E-state index in [2.05, 4.69) is 26.3 Å². The molecule has 0 amide bonds.